The minimum absolute atomic E-state index is 0.331. The average Bonchev–Trinajstić information content (AvgIpc) is 3.01. The third-order valence-corrected chi connectivity index (χ3v) is 5.00. The van der Waals surface area contributed by atoms with Gasteiger partial charge < -0.3 is 10.4 Å². The highest BCUT2D eigenvalue weighted by atomic mass is 79.9. The van der Waals surface area contributed by atoms with Crippen LogP contribution in [-0.4, -0.2) is 31.4 Å². The number of aromatic nitrogens is 4. The molecule has 0 aliphatic rings. The lowest BCUT2D eigenvalue weighted by Crippen LogP contribution is -2.13. The van der Waals surface area contributed by atoms with Gasteiger partial charge in [-0.3, -0.25) is 0 Å². The van der Waals surface area contributed by atoms with E-state index in [1.54, 1.807) is 4.68 Å². The highest BCUT2D eigenvalue weighted by Gasteiger charge is 2.15. The van der Waals surface area contributed by atoms with Crippen LogP contribution in [0.15, 0.2) is 65.5 Å². The largest absolute Gasteiger partial charge is 0.387 e. The van der Waals surface area contributed by atoms with Crippen LogP contribution in [0.25, 0.3) is 22.2 Å². The maximum atomic E-state index is 10.6. The summed E-state index contributed by atoms with van der Waals surface area (Å²) in [5.74, 6) is 0.639. The van der Waals surface area contributed by atoms with Gasteiger partial charge in [-0.2, -0.15) is 5.10 Å². The van der Waals surface area contributed by atoms with Crippen LogP contribution in [0.3, 0.4) is 0 Å². The van der Waals surface area contributed by atoms with Crippen molar-refractivity contribution < 1.29 is 5.11 Å². The Bertz CT molecular complexity index is 1060. The second kappa shape index (κ2) is 7.46. The summed E-state index contributed by atoms with van der Waals surface area (Å²) >= 11 is 3.44. The minimum atomic E-state index is -0.657. The zero-order chi connectivity index (χ0) is 18.8. The molecule has 6 nitrogen and oxygen atoms in total. The molecule has 0 bridgehead atoms. The van der Waals surface area contributed by atoms with E-state index >= 15 is 0 Å². The number of fused-ring (bicyclic) bond motifs is 1. The van der Waals surface area contributed by atoms with Gasteiger partial charge in [-0.1, -0.05) is 54.6 Å². The van der Waals surface area contributed by atoms with Gasteiger partial charge in [0, 0.05) is 13.6 Å². The summed E-state index contributed by atoms with van der Waals surface area (Å²) in [6, 6.07) is 18.1. The molecule has 2 aromatic heterocycles. The third kappa shape index (κ3) is 3.56. The molecular weight excluding hydrogens is 406 g/mol. The molecule has 4 rings (SSSR count). The number of halogens is 1. The summed E-state index contributed by atoms with van der Waals surface area (Å²) < 4.78 is 2.36. The first-order valence-corrected chi connectivity index (χ1v) is 9.33. The van der Waals surface area contributed by atoms with E-state index in [9.17, 15) is 5.11 Å². The van der Waals surface area contributed by atoms with Crippen molar-refractivity contribution in [3.63, 3.8) is 0 Å². The molecule has 4 aromatic rings. The standard InChI is InChI=1S/C20H18BrN5O/c1-26-20-17(18(21)25-26)19(23-12-24-20)22-11-16(27)15-9-7-14(8-10-15)13-5-3-2-4-6-13/h2-10,12,16,27H,11H2,1H3,(H,22,23,24). The first-order valence-electron chi connectivity index (χ1n) is 8.54. The number of anilines is 1. The smallest absolute Gasteiger partial charge is 0.164 e. The molecule has 0 aliphatic heterocycles. The van der Waals surface area contributed by atoms with Crippen LogP contribution >= 0.6 is 15.9 Å². The molecule has 27 heavy (non-hydrogen) atoms. The molecule has 0 amide bonds. The van der Waals surface area contributed by atoms with E-state index in [1.807, 2.05) is 49.5 Å². The van der Waals surface area contributed by atoms with Crippen molar-refractivity contribution in [2.45, 2.75) is 6.10 Å². The monoisotopic (exact) mass is 423 g/mol. The van der Waals surface area contributed by atoms with Crippen LogP contribution < -0.4 is 5.32 Å². The summed E-state index contributed by atoms with van der Waals surface area (Å²) in [6.45, 7) is 0.331. The Morgan fingerprint density at radius 2 is 1.74 bits per heavy atom. The van der Waals surface area contributed by atoms with Crippen molar-refractivity contribution in [3.8, 4) is 11.1 Å². The van der Waals surface area contributed by atoms with Crippen LogP contribution in [0.5, 0.6) is 0 Å². The first kappa shape index (κ1) is 17.6. The minimum Gasteiger partial charge on any atom is -0.387 e. The predicted molar refractivity (Wildman–Crippen MR) is 109 cm³/mol. The summed E-state index contributed by atoms with van der Waals surface area (Å²) in [5, 5.41) is 18.9. The molecule has 0 aliphatic carbocycles. The molecule has 0 spiro atoms. The van der Waals surface area contributed by atoms with E-state index in [-0.39, 0.29) is 0 Å². The number of hydrogen-bond donors (Lipinski definition) is 2. The Morgan fingerprint density at radius 1 is 1.04 bits per heavy atom. The van der Waals surface area contributed by atoms with Crippen molar-refractivity contribution in [3.05, 3.63) is 71.1 Å². The lowest BCUT2D eigenvalue weighted by atomic mass is 10.0. The first-order chi connectivity index (χ1) is 13.1. The molecule has 7 heteroatoms. The highest BCUT2D eigenvalue weighted by molar-refractivity contribution is 9.10. The zero-order valence-corrected chi connectivity index (χ0v) is 16.3. The van der Waals surface area contributed by atoms with Gasteiger partial charge in [0.15, 0.2) is 5.65 Å². The Morgan fingerprint density at radius 3 is 2.48 bits per heavy atom. The summed E-state index contributed by atoms with van der Waals surface area (Å²) in [4.78, 5) is 8.53. The molecule has 2 heterocycles. The second-order valence-electron chi connectivity index (χ2n) is 6.22. The van der Waals surface area contributed by atoms with Gasteiger partial charge in [-0.25, -0.2) is 14.6 Å². The van der Waals surface area contributed by atoms with E-state index in [0.29, 0.717) is 17.0 Å². The van der Waals surface area contributed by atoms with Gasteiger partial charge in [0.25, 0.3) is 0 Å². The number of aryl methyl sites for hydroxylation is 1. The number of nitrogens with one attached hydrogen (secondary N) is 1. The molecule has 1 unspecified atom stereocenters. The maximum absolute atomic E-state index is 10.6. The van der Waals surface area contributed by atoms with E-state index in [0.717, 1.165) is 27.7 Å². The Hall–Kier alpha value is -2.77. The lowest BCUT2D eigenvalue weighted by molar-refractivity contribution is 0.191. The van der Waals surface area contributed by atoms with Gasteiger partial charge in [-0.15, -0.1) is 0 Å². The molecule has 2 aromatic carbocycles. The number of rotatable bonds is 5. The van der Waals surface area contributed by atoms with E-state index in [1.165, 1.54) is 6.33 Å². The van der Waals surface area contributed by atoms with Gasteiger partial charge in [0.2, 0.25) is 0 Å². The molecule has 2 N–H and O–H groups in total. The zero-order valence-electron chi connectivity index (χ0n) is 14.7. The van der Waals surface area contributed by atoms with Gasteiger partial charge in [-0.05, 0) is 32.6 Å². The number of nitrogens with zero attached hydrogens (tertiary/aromatic N) is 4. The predicted octanol–water partition coefficient (Wildman–Crippen LogP) is 3.94. The summed E-state index contributed by atoms with van der Waals surface area (Å²) in [7, 11) is 1.83. The van der Waals surface area contributed by atoms with E-state index in [2.05, 4.69) is 48.4 Å². The van der Waals surface area contributed by atoms with Crippen LogP contribution in [-0.2, 0) is 7.05 Å². The molecule has 0 fully saturated rings. The van der Waals surface area contributed by atoms with Crippen LogP contribution in [0.2, 0.25) is 0 Å². The fourth-order valence-electron chi connectivity index (χ4n) is 3.01. The Kier molecular flexibility index (Phi) is 4.87. The van der Waals surface area contributed by atoms with Gasteiger partial charge >= 0.3 is 0 Å². The lowest BCUT2D eigenvalue weighted by Gasteiger charge is -2.14. The third-order valence-electron chi connectivity index (χ3n) is 4.44. The second-order valence-corrected chi connectivity index (χ2v) is 6.97. The van der Waals surface area contributed by atoms with E-state index in [4.69, 9.17) is 0 Å². The number of hydrogen-bond acceptors (Lipinski definition) is 5. The van der Waals surface area contributed by atoms with Gasteiger partial charge in [0.05, 0.1) is 11.5 Å². The summed E-state index contributed by atoms with van der Waals surface area (Å²) in [6.07, 6.45) is 0.829. The number of benzene rings is 2. The molecule has 1 atom stereocenters. The molecule has 0 saturated carbocycles. The van der Waals surface area contributed by atoms with Crippen LogP contribution in [0, 0.1) is 0 Å². The van der Waals surface area contributed by atoms with E-state index < -0.39 is 6.10 Å². The van der Waals surface area contributed by atoms with Crippen LogP contribution in [0.1, 0.15) is 11.7 Å². The van der Waals surface area contributed by atoms with Crippen molar-refractivity contribution >= 4 is 32.8 Å². The quantitative estimate of drug-likeness (QED) is 0.508. The highest BCUT2D eigenvalue weighted by Crippen LogP contribution is 2.27. The summed E-state index contributed by atoms with van der Waals surface area (Å²) in [5.41, 5.74) is 3.84. The molecule has 0 saturated heterocycles. The molecular formula is C20H18BrN5O. The van der Waals surface area contributed by atoms with Gasteiger partial charge in [0.1, 0.15) is 16.7 Å². The molecule has 136 valence electrons. The Labute approximate surface area is 165 Å². The normalized spacial score (nSPS) is 12.3. The SMILES string of the molecule is Cn1nc(Br)c2c(NCC(O)c3ccc(-c4ccccc4)cc3)ncnc21. The maximum Gasteiger partial charge on any atom is 0.164 e. The number of aliphatic hydroxyl groups is 1. The molecule has 0 radical (unpaired) electrons. The fraction of sp³-hybridized carbons (Fsp3) is 0.150. The number of aliphatic hydroxyl groups excluding tert-OH is 1. The van der Waals surface area contributed by atoms with Crippen LogP contribution in [0.4, 0.5) is 5.82 Å². The van der Waals surface area contributed by atoms with Crippen molar-refractivity contribution in [1.29, 1.82) is 0 Å². The van der Waals surface area contributed by atoms with Crippen molar-refractivity contribution in [2.24, 2.45) is 7.05 Å². The van der Waals surface area contributed by atoms with Crippen molar-refractivity contribution in [1.82, 2.24) is 19.7 Å². The van der Waals surface area contributed by atoms with Crippen molar-refractivity contribution in [2.75, 3.05) is 11.9 Å². The topological polar surface area (TPSA) is 75.9 Å². The Balaban J connectivity index is 1.49. The average molecular weight is 424 g/mol. The fourth-order valence-corrected chi connectivity index (χ4v) is 3.62.